The molecule has 0 aromatic rings. The summed E-state index contributed by atoms with van der Waals surface area (Å²) >= 11 is 1.64. The average Bonchev–Trinajstić information content (AvgIpc) is 2.64. The van der Waals surface area contributed by atoms with Crippen LogP contribution in [0.15, 0.2) is 0 Å². The third-order valence-corrected chi connectivity index (χ3v) is 3.91. The van der Waals surface area contributed by atoms with E-state index < -0.39 is 0 Å². The fourth-order valence-corrected chi connectivity index (χ4v) is 2.51. The summed E-state index contributed by atoms with van der Waals surface area (Å²) in [6.07, 6.45) is 4.06. The Balaban J connectivity index is 2.35. The normalized spacial score (nSPS) is 19.5. The topological polar surface area (TPSA) is 49.3 Å². The van der Waals surface area contributed by atoms with Gasteiger partial charge < -0.3 is 10.4 Å². The van der Waals surface area contributed by atoms with Gasteiger partial charge in [0, 0.05) is 0 Å². The molecule has 4 heteroatoms. The second-order valence-corrected chi connectivity index (χ2v) is 6.12. The van der Waals surface area contributed by atoms with Crippen LogP contribution in [0, 0.1) is 0 Å². The molecule has 0 atom stereocenters. The van der Waals surface area contributed by atoms with E-state index in [2.05, 4.69) is 19.2 Å². The van der Waals surface area contributed by atoms with Crippen molar-refractivity contribution >= 4 is 17.7 Å². The number of carbonyl (C=O) groups excluding carboxylic acids is 1. The second-order valence-electron chi connectivity index (χ2n) is 4.55. The van der Waals surface area contributed by atoms with Gasteiger partial charge in [-0.2, -0.15) is 0 Å². The van der Waals surface area contributed by atoms with Gasteiger partial charge in [0.15, 0.2) is 0 Å². The molecule has 0 aliphatic heterocycles. The van der Waals surface area contributed by atoms with E-state index in [1.54, 1.807) is 11.8 Å². The zero-order chi connectivity index (χ0) is 11.3. The van der Waals surface area contributed by atoms with E-state index in [-0.39, 0.29) is 18.1 Å². The number of hydrogen-bond acceptors (Lipinski definition) is 3. The SMILES string of the molecule is CC(C)SCC(=O)NC1(CO)CCCC1. The van der Waals surface area contributed by atoms with Crippen molar-refractivity contribution in [1.29, 1.82) is 0 Å². The van der Waals surface area contributed by atoms with E-state index in [4.69, 9.17) is 0 Å². The zero-order valence-corrected chi connectivity index (χ0v) is 10.4. The van der Waals surface area contributed by atoms with E-state index in [1.807, 2.05) is 0 Å². The van der Waals surface area contributed by atoms with Crippen molar-refractivity contribution in [2.45, 2.75) is 50.3 Å². The standard InChI is InChI=1S/C11H21NO2S/c1-9(2)15-7-10(14)12-11(8-13)5-3-4-6-11/h9,13H,3-8H2,1-2H3,(H,12,14). The minimum atomic E-state index is -0.311. The van der Waals surface area contributed by atoms with Crippen molar-refractivity contribution in [1.82, 2.24) is 5.32 Å². The molecule has 0 radical (unpaired) electrons. The summed E-state index contributed by atoms with van der Waals surface area (Å²) in [7, 11) is 0. The molecule has 0 aromatic carbocycles. The van der Waals surface area contributed by atoms with Crippen molar-refractivity contribution in [3.63, 3.8) is 0 Å². The monoisotopic (exact) mass is 231 g/mol. The Labute approximate surface area is 96.0 Å². The van der Waals surface area contributed by atoms with Crippen LogP contribution in [-0.2, 0) is 4.79 Å². The summed E-state index contributed by atoms with van der Waals surface area (Å²) in [5.41, 5.74) is -0.311. The van der Waals surface area contributed by atoms with Crippen molar-refractivity contribution < 1.29 is 9.90 Å². The molecule has 0 aromatic heterocycles. The Morgan fingerprint density at radius 3 is 2.53 bits per heavy atom. The first-order valence-electron chi connectivity index (χ1n) is 5.61. The highest BCUT2D eigenvalue weighted by atomic mass is 32.2. The predicted molar refractivity (Wildman–Crippen MR) is 64.0 cm³/mol. The third-order valence-electron chi connectivity index (χ3n) is 2.82. The van der Waals surface area contributed by atoms with E-state index in [0.29, 0.717) is 11.0 Å². The van der Waals surface area contributed by atoms with Gasteiger partial charge in [-0.15, -0.1) is 11.8 Å². The maximum absolute atomic E-state index is 11.6. The van der Waals surface area contributed by atoms with Crippen LogP contribution in [0.5, 0.6) is 0 Å². The molecule has 0 saturated heterocycles. The molecule has 0 unspecified atom stereocenters. The molecule has 15 heavy (non-hydrogen) atoms. The van der Waals surface area contributed by atoms with Crippen molar-refractivity contribution in [2.24, 2.45) is 0 Å². The van der Waals surface area contributed by atoms with Crippen LogP contribution in [0.4, 0.5) is 0 Å². The summed E-state index contributed by atoms with van der Waals surface area (Å²) < 4.78 is 0. The molecule has 1 fully saturated rings. The minimum Gasteiger partial charge on any atom is -0.394 e. The highest BCUT2D eigenvalue weighted by Gasteiger charge is 2.34. The van der Waals surface area contributed by atoms with Gasteiger partial charge in [0.25, 0.3) is 0 Å². The van der Waals surface area contributed by atoms with Crippen molar-refractivity contribution in [3.8, 4) is 0 Å². The lowest BCUT2D eigenvalue weighted by Crippen LogP contribution is -2.49. The van der Waals surface area contributed by atoms with Gasteiger partial charge in [-0.1, -0.05) is 26.7 Å². The minimum absolute atomic E-state index is 0.0599. The van der Waals surface area contributed by atoms with Crippen LogP contribution < -0.4 is 5.32 Å². The molecule has 0 bridgehead atoms. The summed E-state index contributed by atoms with van der Waals surface area (Å²) in [6, 6.07) is 0. The Hall–Kier alpha value is -0.220. The number of thioether (sulfide) groups is 1. The van der Waals surface area contributed by atoms with Crippen LogP contribution in [0.1, 0.15) is 39.5 Å². The first-order valence-corrected chi connectivity index (χ1v) is 6.66. The molecule has 1 rings (SSSR count). The molecular weight excluding hydrogens is 210 g/mol. The Bertz CT molecular complexity index is 213. The van der Waals surface area contributed by atoms with E-state index >= 15 is 0 Å². The maximum Gasteiger partial charge on any atom is 0.230 e. The summed E-state index contributed by atoms with van der Waals surface area (Å²) in [5, 5.41) is 12.8. The number of nitrogens with one attached hydrogen (secondary N) is 1. The first kappa shape index (κ1) is 12.8. The van der Waals surface area contributed by atoms with Crippen molar-refractivity contribution in [3.05, 3.63) is 0 Å². The van der Waals surface area contributed by atoms with Gasteiger partial charge in [0.1, 0.15) is 0 Å². The number of carbonyl (C=O) groups is 1. The quantitative estimate of drug-likeness (QED) is 0.755. The Morgan fingerprint density at radius 2 is 2.07 bits per heavy atom. The zero-order valence-electron chi connectivity index (χ0n) is 9.58. The lowest BCUT2D eigenvalue weighted by Gasteiger charge is -2.28. The van der Waals surface area contributed by atoms with Crippen molar-refractivity contribution in [2.75, 3.05) is 12.4 Å². The van der Waals surface area contributed by atoms with Gasteiger partial charge in [0.2, 0.25) is 5.91 Å². The lowest BCUT2D eigenvalue weighted by atomic mass is 9.99. The van der Waals surface area contributed by atoms with Crippen LogP contribution in [0.2, 0.25) is 0 Å². The maximum atomic E-state index is 11.6. The summed E-state index contributed by atoms with van der Waals surface area (Å²) in [4.78, 5) is 11.6. The fraction of sp³-hybridized carbons (Fsp3) is 0.909. The number of hydrogen-bond donors (Lipinski definition) is 2. The molecule has 1 aliphatic carbocycles. The highest BCUT2D eigenvalue weighted by molar-refractivity contribution is 8.00. The largest absolute Gasteiger partial charge is 0.394 e. The fourth-order valence-electron chi connectivity index (χ4n) is 1.95. The van der Waals surface area contributed by atoms with Gasteiger partial charge in [-0.3, -0.25) is 4.79 Å². The molecule has 1 saturated carbocycles. The Kier molecular flexibility index (Phi) is 4.93. The Morgan fingerprint density at radius 1 is 1.47 bits per heavy atom. The van der Waals surface area contributed by atoms with Crippen LogP contribution in [-0.4, -0.2) is 34.2 Å². The molecule has 1 amide bonds. The van der Waals surface area contributed by atoms with Crippen LogP contribution >= 0.6 is 11.8 Å². The van der Waals surface area contributed by atoms with Crippen LogP contribution in [0.3, 0.4) is 0 Å². The molecule has 0 spiro atoms. The smallest absolute Gasteiger partial charge is 0.230 e. The van der Waals surface area contributed by atoms with E-state index in [1.165, 1.54) is 0 Å². The molecule has 0 heterocycles. The van der Waals surface area contributed by atoms with Gasteiger partial charge in [-0.25, -0.2) is 0 Å². The molecule has 3 nitrogen and oxygen atoms in total. The molecule has 2 N–H and O–H groups in total. The third kappa shape index (κ3) is 4.03. The van der Waals surface area contributed by atoms with Crippen LogP contribution in [0.25, 0.3) is 0 Å². The van der Waals surface area contributed by atoms with Gasteiger partial charge in [-0.05, 0) is 18.1 Å². The second kappa shape index (κ2) is 5.75. The number of amides is 1. The number of aliphatic hydroxyl groups is 1. The average molecular weight is 231 g/mol. The predicted octanol–water partition coefficient (Wildman–Crippen LogP) is 1.55. The number of aliphatic hydroxyl groups excluding tert-OH is 1. The molecule has 88 valence electrons. The molecule has 1 aliphatic rings. The van der Waals surface area contributed by atoms with Gasteiger partial charge in [0.05, 0.1) is 17.9 Å². The summed E-state index contributed by atoms with van der Waals surface area (Å²) in [5.74, 6) is 0.559. The highest BCUT2D eigenvalue weighted by Crippen LogP contribution is 2.29. The first-order chi connectivity index (χ1) is 7.08. The molecular formula is C11H21NO2S. The van der Waals surface area contributed by atoms with E-state index in [0.717, 1.165) is 25.7 Å². The summed E-state index contributed by atoms with van der Waals surface area (Å²) in [6.45, 7) is 4.23. The van der Waals surface area contributed by atoms with E-state index in [9.17, 15) is 9.90 Å². The van der Waals surface area contributed by atoms with Gasteiger partial charge >= 0.3 is 0 Å². The number of rotatable bonds is 5. The lowest BCUT2D eigenvalue weighted by molar-refractivity contribution is -0.121.